The van der Waals surface area contributed by atoms with E-state index in [9.17, 15) is 4.79 Å². The Hall–Kier alpha value is -0.570. The van der Waals surface area contributed by atoms with Gasteiger partial charge in [-0.1, -0.05) is 20.8 Å². The Kier molecular flexibility index (Phi) is 5.72. The van der Waals surface area contributed by atoms with Crippen molar-refractivity contribution in [3.63, 3.8) is 0 Å². The van der Waals surface area contributed by atoms with Gasteiger partial charge < -0.3 is 0 Å². The lowest BCUT2D eigenvalue weighted by atomic mass is 10.1. The van der Waals surface area contributed by atoms with Gasteiger partial charge in [0, 0.05) is 13.5 Å². The number of hydroxylamine groups is 2. The number of rotatable bonds is 0. The Labute approximate surface area is 74.6 Å². The van der Waals surface area contributed by atoms with E-state index in [1.807, 2.05) is 13.8 Å². The van der Waals surface area contributed by atoms with E-state index in [-0.39, 0.29) is 5.91 Å². The minimum atomic E-state index is 0.0880. The molecule has 72 valence electrons. The summed E-state index contributed by atoms with van der Waals surface area (Å²) in [7, 11) is 1.67. The zero-order chi connectivity index (χ0) is 9.56. The lowest BCUT2D eigenvalue weighted by Gasteiger charge is -2.11. The van der Waals surface area contributed by atoms with Gasteiger partial charge >= 0.3 is 0 Å². The van der Waals surface area contributed by atoms with Gasteiger partial charge in [0.2, 0.25) is 5.91 Å². The van der Waals surface area contributed by atoms with Crippen LogP contribution in [0.15, 0.2) is 0 Å². The molecule has 0 aliphatic carbocycles. The van der Waals surface area contributed by atoms with E-state index in [2.05, 4.69) is 6.92 Å². The van der Waals surface area contributed by atoms with Crippen LogP contribution in [0.25, 0.3) is 0 Å². The molecule has 0 aromatic carbocycles. The molecule has 0 spiro atoms. The molecule has 1 aliphatic rings. The molecule has 1 amide bonds. The van der Waals surface area contributed by atoms with Crippen LogP contribution in [0.2, 0.25) is 0 Å². The van der Waals surface area contributed by atoms with Crippen molar-refractivity contribution in [2.24, 2.45) is 5.92 Å². The van der Waals surface area contributed by atoms with Crippen molar-refractivity contribution in [2.75, 3.05) is 13.7 Å². The maximum absolute atomic E-state index is 11.0. The summed E-state index contributed by atoms with van der Waals surface area (Å²) in [5, 5.41) is 1.34. The van der Waals surface area contributed by atoms with Crippen molar-refractivity contribution in [3.8, 4) is 0 Å². The van der Waals surface area contributed by atoms with Crippen molar-refractivity contribution in [1.82, 2.24) is 5.06 Å². The summed E-state index contributed by atoms with van der Waals surface area (Å²) in [5.74, 6) is 0.558. The molecule has 0 saturated carbocycles. The Balaban J connectivity index is 0.000000561. The number of hydrogen-bond acceptors (Lipinski definition) is 2. The molecule has 0 bridgehead atoms. The van der Waals surface area contributed by atoms with E-state index in [1.54, 1.807) is 7.05 Å². The molecular formula is C9H19NO2. The highest BCUT2D eigenvalue weighted by atomic mass is 16.7. The van der Waals surface area contributed by atoms with Crippen molar-refractivity contribution in [3.05, 3.63) is 0 Å². The smallest absolute Gasteiger partial charge is 0.246 e. The maximum atomic E-state index is 11.0. The third-order valence-corrected chi connectivity index (χ3v) is 1.77. The monoisotopic (exact) mass is 173 g/mol. The zero-order valence-corrected chi connectivity index (χ0v) is 8.46. The fourth-order valence-corrected chi connectivity index (χ4v) is 0.992. The number of carbonyl (C=O) groups is 1. The Bertz CT molecular complexity index is 136. The van der Waals surface area contributed by atoms with E-state index in [0.29, 0.717) is 18.9 Å². The second-order valence-corrected chi connectivity index (χ2v) is 2.82. The van der Waals surface area contributed by atoms with Gasteiger partial charge in [-0.2, -0.15) is 0 Å². The van der Waals surface area contributed by atoms with E-state index < -0.39 is 0 Å². The second kappa shape index (κ2) is 6.00. The maximum Gasteiger partial charge on any atom is 0.246 e. The van der Waals surface area contributed by atoms with Gasteiger partial charge in [-0.15, -0.1) is 0 Å². The largest absolute Gasteiger partial charge is 0.273 e. The Morgan fingerprint density at radius 3 is 2.67 bits per heavy atom. The summed E-state index contributed by atoms with van der Waals surface area (Å²) in [6.45, 7) is 6.74. The third kappa shape index (κ3) is 3.72. The second-order valence-electron chi connectivity index (χ2n) is 2.82. The average molecular weight is 173 g/mol. The van der Waals surface area contributed by atoms with Crippen LogP contribution < -0.4 is 0 Å². The first-order valence-electron chi connectivity index (χ1n) is 4.59. The highest BCUT2D eigenvalue weighted by molar-refractivity contribution is 5.75. The predicted molar refractivity (Wildman–Crippen MR) is 48.5 cm³/mol. The lowest BCUT2D eigenvalue weighted by Crippen LogP contribution is -2.24. The summed E-state index contributed by atoms with van der Waals surface area (Å²) in [4.78, 5) is 16.1. The Morgan fingerprint density at radius 2 is 2.08 bits per heavy atom. The molecule has 0 aromatic rings. The molecule has 3 heteroatoms. The highest BCUT2D eigenvalue weighted by Gasteiger charge is 2.17. The standard InChI is InChI=1S/C7H13NO2.C2H6/c1-6-3-4-10-8(2)7(9)5-6;1-2/h6H,3-5H2,1-2H3;1-2H3. The molecule has 0 radical (unpaired) electrons. The molecule has 12 heavy (non-hydrogen) atoms. The molecule has 1 unspecified atom stereocenters. The van der Waals surface area contributed by atoms with Crippen molar-refractivity contribution >= 4 is 5.91 Å². The first-order valence-corrected chi connectivity index (χ1v) is 4.59. The van der Waals surface area contributed by atoms with E-state index >= 15 is 0 Å². The minimum absolute atomic E-state index is 0.0880. The molecule has 1 saturated heterocycles. The number of amides is 1. The van der Waals surface area contributed by atoms with Gasteiger partial charge in [-0.3, -0.25) is 9.63 Å². The zero-order valence-electron chi connectivity index (χ0n) is 8.46. The van der Waals surface area contributed by atoms with E-state index in [4.69, 9.17) is 4.84 Å². The number of nitrogens with zero attached hydrogens (tertiary/aromatic N) is 1. The van der Waals surface area contributed by atoms with Crippen LogP contribution in [0.3, 0.4) is 0 Å². The SMILES string of the molecule is CC.CC1CCON(C)C(=O)C1. The van der Waals surface area contributed by atoms with Gasteiger partial charge in [-0.25, -0.2) is 5.06 Å². The Morgan fingerprint density at radius 1 is 1.50 bits per heavy atom. The summed E-state index contributed by atoms with van der Waals surface area (Å²) >= 11 is 0. The quantitative estimate of drug-likeness (QED) is 0.559. The van der Waals surface area contributed by atoms with Crippen LogP contribution in [0.5, 0.6) is 0 Å². The fourth-order valence-electron chi connectivity index (χ4n) is 0.992. The van der Waals surface area contributed by atoms with Crippen LogP contribution in [-0.4, -0.2) is 24.6 Å². The number of hydrogen-bond donors (Lipinski definition) is 0. The van der Waals surface area contributed by atoms with Gasteiger partial charge in [0.05, 0.1) is 6.61 Å². The first kappa shape index (κ1) is 11.4. The van der Waals surface area contributed by atoms with E-state index in [1.165, 1.54) is 5.06 Å². The van der Waals surface area contributed by atoms with Crippen LogP contribution in [0.4, 0.5) is 0 Å². The van der Waals surface area contributed by atoms with Gasteiger partial charge in [0.25, 0.3) is 0 Å². The molecule has 1 heterocycles. The van der Waals surface area contributed by atoms with Crippen molar-refractivity contribution in [2.45, 2.75) is 33.6 Å². The van der Waals surface area contributed by atoms with Gasteiger partial charge in [0.1, 0.15) is 0 Å². The summed E-state index contributed by atoms with van der Waals surface area (Å²) in [5.41, 5.74) is 0. The van der Waals surface area contributed by atoms with Crippen LogP contribution in [0.1, 0.15) is 33.6 Å². The average Bonchev–Trinajstić information content (AvgIpc) is 2.19. The first-order chi connectivity index (χ1) is 5.70. The van der Waals surface area contributed by atoms with Crippen LogP contribution in [0, 0.1) is 5.92 Å². The molecular weight excluding hydrogens is 154 g/mol. The topological polar surface area (TPSA) is 29.5 Å². The van der Waals surface area contributed by atoms with Crippen molar-refractivity contribution in [1.29, 1.82) is 0 Å². The highest BCUT2D eigenvalue weighted by Crippen LogP contribution is 2.13. The third-order valence-electron chi connectivity index (χ3n) is 1.77. The normalized spacial score (nSPS) is 24.2. The summed E-state index contributed by atoms with van der Waals surface area (Å²) < 4.78 is 0. The summed E-state index contributed by atoms with van der Waals surface area (Å²) in [6, 6.07) is 0. The molecule has 1 aliphatic heterocycles. The van der Waals surface area contributed by atoms with Gasteiger partial charge in [0.15, 0.2) is 0 Å². The van der Waals surface area contributed by atoms with Crippen LogP contribution >= 0.6 is 0 Å². The summed E-state index contributed by atoms with van der Waals surface area (Å²) in [6.07, 6.45) is 1.60. The van der Waals surface area contributed by atoms with Gasteiger partial charge in [-0.05, 0) is 12.3 Å². The van der Waals surface area contributed by atoms with Crippen molar-refractivity contribution < 1.29 is 9.63 Å². The fraction of sp³-hybridized carbons (Fsp3) is 0.889. The lowest BCUT2D eigenvalue weighted by molar-refractivity contribution is -0.174. The van der Waals surface area contributed by atoms with Crippen LogP contribution in [-0.2, 0) is 9.63 Å². The van der Waals surface area contributed by atoms with E-state index in [0.717, 1.165) is 6.42 Å². The molecule has 1 rings (SSSR count). The molecule has 0 aromatic heterocycles. The molecule has 1 fully saturated rings. The number of carbonyl (C=O) groups excluding carboxylic acids is 1. The molecule has 1 atom stereocenters. The minimum Gasteiger partial charge on any atom is -0.273 e. The molecule has 3 nitrogen and oxygen atoms in total. The predicted octanol–water partition coefficient (Wildman–Crippen LogP) is 1.83. The molecule has 0 N–H and O–H groups in total.